The van der Waals surface area contributed by atoms with Crippen LogP contribution in [0.4, 0.5) is 29.9 Å². The monoisotopic (exact) mass is 548 g/mol. The lowest BCUT2D eigenvalue weighted by Crippen LogP contribution is -2.29. The van der Waals surface area contributed by atoms with E-state index in [9.17, 15) is 22.8 Å². The lowest BCUT2D eigenvalue weighted by molar-refractivity contribution is -0.117. The zero-order valence-corrected chi connectivity index (χ0v) is 21.4. The molecule has 0 spiro atoms. The van der Waals surface area contributed by atoms with Crippen molar-refractivity contribution in [2.45, 2.75) is 57.2 Å². The number of halogens is 3. The van der Waals surface area contributed by atoms with Crippen molar-refractivity contribution in [2.24, 2.45) is 18.9 Å². The Hall–Kier alpha value is -3.42. The van der Waals surface area contributed by atoms with Crippen LogP contribution in [0.3, 0.4) is 0 Å². The molecule has 1 unspecified atom stereocenters. The number of anilines is 3. The molecule has 10 nitrogen and oxygen atoms in total. The number of hydrogen-bond donors (Lipinski definition) is 3. The summed E-state index contributed by atoms with van der Waals surface area (Å²) in [4.78, 5) is 26.9. The highest BCUT2D eigenvalue weighted by molar-refractivity contribution is 7.17. The van der Waals surface area contributed by atoms with E-state index in [1.54, 1.807) is 13.4 Å². The molecule has 2 fully saturated rings. The second-order valence-electron chi connectivity index (χ2n) is 10.2. The van der Waals surface area contributed by atoms with Gasteiger partial charge in [0.1, 0.15) is 29.0 Å². The Bertz CT molecular complexity index is 1380. The molecule has 3 aromatic heterocycles. The van der Waals surface area contributed by atoms with Gasteiger partial charge in [-0.3, -0.25) is 18.8 Å². The summed E-state index contributed by atoms with van der Waals surface area (Å²) < 4.78 is 42.8. The average Bonchev–Trinajstić information content (AvgIpc) is 3.72. The molecule has 3 atom stereocenters. The van der Waals surface area contributed by atoms with Crippen LogP contribution in [0.1, 0.15) is 64.6 Å². The fourth-order valence-corrected chi connectivity index (χ4v) is 6.09. The number of nitrogens with zero attached hydrogens (tertiary/aromatic N) is 5. The number of rotatable bonds is 9. The van der Waals surface area contributed by atoms with E-state index in [0.29, 0.717) is 47.6 Å². The average molecular weight is 549 g/mol. The molecule has 202 valence electrons. The van der Waals surface area contributed by atoms with Crippen LogP contribution >= 0.6 is 11.3 Å². The molecule has 14 heteroatoms. The molecule has 6 rings (SSSR count). The molecule has 2 amide bonds. The van der Waals surface area contributed by atoms with E-state index < -0.39 is 24.4 Å². The largest absolute Gasteiger partial charge is 0.352 e. The molecule has 0 radical (unpaired) electrons. The Morgan fingerprint density at radius 3 is 2.74 bits per heavy atom. The first-order chi connectivity index (χ1) is 18.3. The summed E-state index contributed by atoms with van der Waals surface area (Å²) in [6, 6.07) is 1.15. The summed E-state index contributed by atoms with van der Waals surface area (Å²) in [5.41, 5.74) is 0.946. The van der Waals surface area contributed by atoms with Crippen LogP contribution in [0, 0.1) is 11.8 Å². The molecule has 0 bridgehead atoms. The Balaban J connectivity index is 1.26. The van der Waals surface area contributed by atoms with Gasteiger partial charge in [-0.15, -0.1) is 21.5 Å². The highest BCUT2D eigenvalue weighted by atomic mass is 32.1. The van der Waals surface area contributed by atoms with Crippen molar-refractivity contribution in [3.05, 3.63) is 34.1 Å². The minimum absolute atomic E-state index is 0.116. The van der Waals surface area contributed by atoms with Gasteiger partial charge in [0.25, 0.3) is 12.3 Å². The number of hydrogen-bond acceptors (Lipinski definition) is 7. The zero-order chi connectivity index (χ0) is 26.6. The standard InChI is InChI=1S/C24H27F3N8O2S/c1-34-18(8-16(33-34)20(26)27)30-24-32-29-10-35(24)12-4-5-17-14(6-12)19(22(37)28-9-11-2-3-11)23(38-17)31-21(36)13-7-15(13)25/h8,10-13,15,20H,2-7,9H2,1H3,(H,28,37)(H,30,32)(H,31,36)/t12?,13-,15+/m1/s1. The molecular weight excluding hydrogens is 521 g/mol. The maximum absolute atomic E-state index is 13.5. The quantitative estimate of drug-likeness (QED) is 0.373. The molecule has 3 aliphatic rings. The molecule has 2 saturated carbocycles. The summed E-state index contributed by atoms with van der Waals surface area (Å²) >= 11 is 1.37. The third-order valence-corrected chi connectivity index (χ3v) is 8.53. The van der Waals surface area contributed by atoms with Gasteiger partial charge in [-0.25, -0.2) is 13.2 Å². The molecule has 3 N–H and O–H groups in total. The van der Waals surface area contributed by atoms with Crippen LogP contribution < -0.4 is 16.0 Å². The molecule has 3 aliphatic carbocycles. The summed E-state index contributed by atoms with van der Waals surface area (Å²) in [7, 11) is 1.56. The minimum atomic E-state index is -2.69. The van der Waals surface area contributed by atoms with Gasteiger partial charge in [0, 0.05) is 30.6 Å². The second kappa shape index (κ2) is 9.71. The first-order valence-corrected chi connectivity index (χ1v) is 13.5. The van der Waals surface area contributed by atoms with Gasteiger partial charge in [0.15, 0.2) is 0 Å². The molecule has 3 aromatic rings. The highest BCUT2D eigenvalue weighted by Crippen LogP contribution is 2.43. The number of carbonyl (C=O) groups excluding carboxylic acids is 2. The topological polar surface area (TPSA) is 119 Å². The molecule has 38 heavy (non-hydrogen) atoms. The number of aromatic nitrogens is 5. The summed E-state index contributed by atoms with van der Waals surface area (Å²) in [5.74, 6) is -0.0943. The van der Waals surface area contributed by atoms with Crippen molar-refractivity contribution in [1.82, 2.24) is 29.9 Å². The van der Waals surface area contributed by atoms with Crippen LogP contribution in [0.5, 0.6) is 0 Å². The smallest absolute Gasteiger partial charge is 0.282 e. The van der Waals surface area contributed by atoms with E-state index in [1.165, 1.54) is 22.1 Å². The van der Waals surface area contributed by atoms with Gasteiger partial charge in [0.05, 0.1) is 11.5 Å². The van der Waals surface area contributed by atoms with E-state index in [1.807, 2.05) is 4.57 Å². The van der Waals surface area contributed by atoms with Gasteiger partial charge >= 0.3 is 0 Å². The molecular formula is C24H27F3N8O2S. The van der Waals surface area contributed by atoms with Crippen molar-refractivity contribution in [3.8, 4) is 0 Å². The normalized spacial score (nSPS) is 22.3. The van der Waals surface area contributed by atoms with Crippen molar-refractivity contribution >= 4 is 39.9 Å². The van der Waals surface area contributed by atoms with E-state index in [2.05, 4.69) is 31.2 Å². The molecule has 3 heterocycles. The second-order valence-corrected chi connectivity index (χ2v) is 11.3. The number of nitrogens with one attached hydrogen (secondary N) is 3. The van der Waals surface area contributed by atoms with Gasteiger partial charge in [-0.1, -0.05) is 0 Å². The minimum Gasteiger partial charge on any atom is -0.352 e. The van der Waals surface area contributed by atoms with Gasteiger partial charge in [-0.2, -0.15) is 5.10 Å². The molecule has 0 aliphatic heterocycles. The summed E-state index contributed by atoms with van der Waals surface area (Å²) in [6.45, 7) is 0.584. The van der Waals surface area contributed by atoms with Gasteiger partial charge in [0.2, 0.25) is 11.9 Å². The molecule has 0 aromatic carbocycles. The van der Waals surface area contributed by atoms with E-state index in [-0.39, 0.29) is 24.1 Å². The fraction of sp³-hybridized carbons (Fsp3) is 0.542. The SMILES string of the molecule is Cn1nc(C(F)F)cc1Nc1nncn1C1CCc2sc(NC(=O)[C@@H]3C[C@@H]3F)c(C(=O)NCC3CC3)c2C1. The molecule has 0 saturated heterocycles. The van der Waals surface area contributed by atoms with Crippen molar-refractivity contribution in [1.29, 1.82) is 0 Å². The van der Waals surface area contributed by atoms with Crippen molar-refractivity contribution in [2.75, 3.05) is 17.2 Å². The third-order valence-electron chi connectivity index (χ3n) is 7.33. The van der Waals surface area contributed by atoms with Gasteiger partial charge in [-0.05, 0) is 50.0 Å². The van der Waals surface area contributed by atoms with Crippen LogP contribution in [-0.2, 0) is 24.7 Å². The van der Waals surface area contributed by atoms with Crippen LogP contribution in [0.25, 0.3) is 0 Å². The predicted octanol–water partition coefficient (Wildman–Crippen LogP) is 3.92. The van der Waals surface area contributed by atoms with Crippen LogP contribution in [-0.4, -0.2) is 49.1 Å². The van der Waals surface area contributed by atoms with E-state index >= 15 is 0 Å². The van der Waals surface area contributed by atoms with Crippen LogP contribution in [0.15, 0.2) is 12.4 Å². The maximum atomic E-state index is 13.5. The van der Waals surface area contributed by atoms with Gasteiger partial charge < -0.3 is 16.0 Å². The van der Waals surface area contributed by atoms with Crippen molar-refractivity contribution in [3.63, 3.8) is 0 Å². The number of alkyl halides is 3. The number of fused-ring (bicyclic) bond motifs is 1. The lowest BCUT2D eigenvalue weighted by Gasteiger charge is -2.25. The third kappa shape index (κ3) is 4.88. The Labute approximate surface area is 220 Å². The Morgan fingerprint density at radius 2 is 2.05 bits per heavy atom. The van der Waals surface area contributed by atoms with E-state index in [0.717, 1.165) is 29.7 Å². The Kier molecular flexibility index (Phi) is 6.36. The first-order valence-electron chi connectivity index (χ1n) is 12.6. The first kappa shape index (κ1) is 24.9. The predicted molar refractivity (Wildman–Crippen MR) is 134 cm³/mol. The van der Waals surface area contributed by atoms with Crippen LogP contribution in [0.2, 0.25) is 0 Å². The highest BCUT2D eigenvalue weighted by Gasteiger charge is 2.44. The number of aryl methyl sites for hydroxylation is 2. The summed E-state index contributed by atoms with van der Waals surface area (Å²) in [6.07, 6.45) is 2.01. The Morgan fingerprint density at radius 1 is 1.26 bits per heavy atom. The lowest BCUT2D eigenvalue weighted by atomic mass is 9.91. The number of amides is 2. The van der Waals surface area contributed by atoms with Crippen molar-refractivity contribution < 1.29 is 22.8 Å². The number of thiophene rings is 1. The zero-order valence-electron chi connectivity index (χ0n) is 20.6. The number of carbonyl (C=O) groups is 2. The maximum Gasteiger partial charge on any atom is 0.282 e. The fourth-order valence-electron chi connectivity index (χ4n) is 4.85. The van der Waals surface area contributed by atoms with E-state index in [4.69, 9.17) is 0 Å². The summed E-state index contributed by atoms with van der Waals surface area (Å²) in [5, 5.41) is 21.3.